The molecule has 2 rings (SSSR count). The number of hydrogen-bond acceptors (Lipinski definition) is 4. The molecule has 0 saturated carbocycles. The van der Waals surface area contributed by atoms with Gasteiger partial charge in [0.1, 0.15) is 5.69 Å². The minimum atomic E-state index is -0.414. The quantitative estimate of drug-likeness (QED) is 0.548. The van der Waals surface area contributed by atoms with Gasteiger partial charge in [-0.1, -0.05) is 0 Å². The molecule has 0 bridgehead atoms. The van der Waals surface area contributed by atoms with E-state index in [9.17, 15) is 9.90 Å². The Morgan fingerprint density at radius 3 is 3.07 bits per heavy atom. The van der Waals surface area contributed by atoms with Crippen molar-refractivity contribution in [3.8, 4) is 0 Å². The van der Waals surface area contributed by atoms with Crippen molar-refractivity contribution in [2.24, 2.45) is 0 Å². The highest BCUT2D eigenvalue weighted by Gasteiger charge is 2.27. The SMILES string of the molecule is Nc1cn[nH]c1C(=O)N1CC[C@H](O)C1. The molecule has 14 heavy (non-hydrogen) atoms. The van der Waals surface area contributed by atoms with E-state index in [0.29, 0.717) is 30.9 Å². The Bertz CT molecular complexity index is 349. The zero-order chi connectivity index (χ0) is 10.1. The van der Waals surface area contributed by atoms with Gasteiger partial charge in [0.25, 0.3) is 5.91 Å². The Morgan fingerprint density at radius 2 is 2.57 bits per heavy atom. The molecular formula is C8H12N4O2. The molecule has 1 amide bonds. The highest BCUT2D eigenvalue weighted by molar-refractivity contribution is 5.97. The zero-order valence-corrected chi connectivity index (χ0v) is 7.60. The lowest BCUT2D eigenvalue weighted by Crippen LogP contribution is -2.30. The summed E-state index contributed by atoms with van der Waals surface area (Å²) in [4.78, 5) is 13.3. The molecule has 1 aromatic heterocycles. The van der Waals surface area contributed by atoms with E-state index in [1.54, 1.807) is 4.90 Å². The molecule has 1 fully saturated rings. The number of likely N-dealkylation sites (tertiary alicyclic amines) is 1. The molecular weight excluding hydrogens is 184 g/mol. The third-order valence-corrected chi connectivity index (χ3v) is 2.33. The summed E-state index contributed by atoms with van der Waals surface area (Å²) in [6.45, 7) is 0.940. The monoisotopic (exact) mass is 196 g/mol. The lowest BCUT2D eigenvalue weighted by molar-refractivity contribution is 0.0760. The molecule has 2 heterocycles. The number of carbonyl (C=O) groups excluding carboxylic acids is 1. The van der Waals surface area contributed by atoms with Crippen LogP contribution in [0.3, 0.4) is 0 Å². The highest BCUT2D eigenvalue weighted by Crippen LogP contribution is 2.15. The van der Waals surface area contributed by atoms with Crippen LogP contribution in [-0.4, -0.2) is 45.3 Å². The Balaban J connectivity index is 2.13. The number of aliphatic hydroxyl groups excluding tert-OH is 1. The molecule has 0 spiro atoms. The molecule has 6 heteroatoms. The number of amides is 1. The van der Waals surface area contributed by atoms with E-state index in [1.807, 2.05) is 0 Å². The van der Waals surface area contributed by atoms with Crippen molar-refractivity contribution in [1.29, 1.82) is 0 Å². The van der Waals surface area contributed by atoms with Gasteiger partial charge in [0.2, 0.25) is 0 Å². The molecule has 0 unspecified atom stereocenters. The second kappa shape index (κ2) is 3.30. The maximum Gasteiger partial charge on any atom is 0.274 e. The van der Waals surface area contributed by atoms with Crippen LogP contribution in [0.15, 0.2) is 6.20 Å². The molecule has 1 aromatic rings. The number of nitrogens with zero attached hydrogens (tertiary/aromatic N) is 2. The van der Waals surface area contributed by atoms with Gasteiger partial charge < -0.3 is 15.7 Å². The van der Waals surface area contributed by atoms with Crippen molar-refractivity contribution >= 4 is 11.6 Å². The highest BCUT2D eigenvalue weighted by atomic mass is 16.3. The fourth-order valence-corrected chi connectivity index (χ4v) is 1.55. The maximum absolute atomic E-state index is 11.7. The van der Waals surface area contributed by atoms with Gasteiger partial charge >= 0.3 is 0 Å². The number of H-pyrrole nitrogens is 1. The van der Waals surface area contributed by atoms with Crippen molar-refractivity contribution in [3.63, 3.8) is 0 Å². The van der Waals surface area contributed by atoms with Crippen LogP contribution in [0.2, 0.25) is 0 Å². The number of anilines is 1. The van der Waals surface area contributed by atoms with Gasteiger partial charge in [-0.3, -0.25) is 9.89 Å². The van der Waals surface area contributed by atoms with Gasteiger partial charge in [0.15, 0.2) is 0 Å². The summed E-state index contributed by atoms with van der Waals surface area (Å²) in [5, 5.41) is 15.5. The predicted octanol–water partition coefficient (Wildman–Crippen LogP) is -0.801. The number of nitrogen functional groups attached to an aromatic ring is 1. The van der Waals surface area contributed by atoms with Crippen LogP contribution in [-0.2, 0) is 0 Å². The molecule has 1 aliphatic rings. The van der Waals surface area contributed by atoms with Crippen molar-refractivity contribution in [2.75, 3.05) is 18.8 Å². The molecule has 0 aromatic carbocycles. The van der Waals surface area contributed by atoms with Crippen molar-refractivity contribution in [2.45, 2.75) is 12.5 Å². The Hall–Kier alpha value is -1.56. The number of nitrogens with two attached hydrogens (primary N) is 1. The van der Waals surface area contributed by atoms with Crippen LogP contribution >= 0.6 is 0 Å². The minimum absolute atomic E-state index is 0.198. The van der Waals surface area contributed by atoms with Gasteiger partial charge in [-0.25, -0.2) is 0 Å². The summed E-state index contributed by atoms with van der Waals surface area (Å²) in [6, 6.07) is 0. The Labute approximate surface area is 80.7 Å². The number of nitrogens with one attached hydrogen (secondary N) is 1. The number of aliphatic hydroxyl groups is 1. The number of rotatable bonds is 1. The molecule has 1 saturated heterocycles. The van der Waals surface area contributed by atoms with E-state index in [0.717, 1.165) is 0 Å². The predicted molar refractivity (Wildman–Crippen MR) is 49.5 cm³/mol. The van der Waals surface area contributed by atoms with Crippen LogP contribution in [0, 0.1) is 0 Å². The minimum Gasteiger partial charge on any atom is -0.396 e. The van der Waals surface area contributed by atoms with E-state index >= 15 is 0 Å². The number of aromatic amines is 1. The summed E-state index contributed by atoms with van der Waals surface area (Å²) in [6.07, 6.45) is 1.61. The first-order valence-electron chi connectivity index (χ1n) is 4.44. The summed E-state index contributed by atoms with van der Waals surface area (Å²) in [5.41, 5.74) is 6.19. The largest absolute Gasteiger partial charge is 0.396 e. The van der Waals surface area contributed by atoms with Crippen LogP contribution < -0.4 is 5.73 Å². The summed E-state index contributed by atoms with van der Waals surface area (Å²) >= 11 is 0. The molecule has 6 nitrogen and oxygen atoms in total. The lowest BCUT2D eigenvalue weighted by Gasteiger charge is -2.14. The lowest BCUT2D eigenvalue weighted by atomic mass is 10.3. The first-order valence-corrected chi connectivity index (χ1v) is 4.44. The third kappa shape index (κ3) is 1.44. The van der Waals surface area contributed by atoms with Crippen LogP contribution in [0.4, 0.5) is 5.69 Å². The van der Waals surface area contributed by atoms with Gasteiger partial charge in [0.05, 0.1) is 18.0 Å². The normalized spacial score (nSPS) is 21.5. The molecule has 1 aliphatic heterocycles. The second-order valence-electron chi connectivity index (χ2n) is 3.39. The van der Waals surface area contributed by atoms with E-state index in [1.165, 1.54) is 6.20 Å². The maximum atomic E-state index is 11.7. The second-order valence-corrected chi connectivity index (χ2v) is 3.39. The smallest absolute Gasteiger partial charge is 0.274 e. The average molecular weight is 196 g/mol. The molecule has 76 valence electrons. The fraction of sp³-hybridized carbons (Fsp3) is 0.500. The van der Waals surface area contributed by atoms with Crippen LogP contribution in [0.1, 0.15) is 16.9 Å². The van der Waals surface area contributed by atoms with E-state index < -0.39 is 6.10 Å². The van der Waals surface area contributed by atoms with Gasteiger partial charge in [-0.05, 0) is 6.42 Å². The Kier molecular flexibility index (Phi) is 2.12. The molecule has 4 N–H and O–H groups in total. The Morgan fingerprint density at radius 1 is 1.79 bits per heavy atom. The summed E-state index contributed by atoms with van der Waals surface area (Å²) in [7, 11) is 0. The van der Waals surface area contributed by atoms with Crippen LogP contribution in [0.25, 0.3) is 0 Å². The van der Waals surface area contributed by atoms with Gasteiger partial charge in [-0.2, -0.15) is 5.10 Å². The van der Waals surface area contributed by atoms with Crippen molar-refractivity contribution in [3.05, 3.63) is 11.9 Å². The molecule has 0 radical (unpaired) electrons. The first kappa shape index (κ1) is 9.01. The van der Waals surface area contributed by atoms with E-state index in [-0.39, 0.29) is 5.91 Å². The standard InChI is InChI=1S/C8H12N4O2/c9-6-3-10-11-7(6)8(14)12-2-1-5(13)4-12/h3,5,13H,1-2,4,9H2,(H,10,11)/t5-/m0/s1. The summed E-state index contributed by atoms with van der Waals surface area (Å²) < 4.78 is 0. The van der Waals surface area contributed by atoms with E-state index in [4.69, 9.17) is 5.73 Å². The fourth-order valence-electron chi connectivity index (χ4n) is 1.55. The van der Waals surface area contributed by atoms with E-state index in [2.05, 4.69) is 10.2 Å². The first-order chi connectivity index (χ1) is 6.68. The van der Waals surface area contributed by atoms with Gasteiger partial charge in [-0.15, -0.1) is 0 Å². The van der Waals surface area contributed by atoms with Gasteiger partial charge in [0, 0.05) is 13.1 Å². The van der Waals surface area contributed by atoms with Crippen molar-refractivity contribution in [1.82, 2.24) is 15.1 Å². The number of carbonyl (C=O) groups is 1. The topological polar surface area (TPSA) is 95.2 Å². The number of hydrogen-bond donors (Lipinski definition) is 3. The zero-order valence-electron chi connectivity index (χ0n) is 7.60. The summed E-state index contributed by atoms with van der Waals surface area (Å²) in [5.74, 6) is -0.198. The number of aromatic nitrogens is 2. The molecule has 1 atom stereocenters. The molecule has 0 aliphatic carbocycles. The number of β-amino-alcohol motifs (C(OH)–C–C–N with tert-alkyl or cyclic N) is 1. The van der Waals surface area contributed by atoms with Crippen molar-refractivity contribution < 1.29 is 9.90 Å². The third-order valence-electron chi connectivity index (χ3n) is 2.33. The van der Waals surface area contributed by atoms with Crippen LogP contribution in [0.5, 0.6) is 0 Å². The average Bonchev–Trinajstić information content (AvgIpc) is 2.73.